The van der Waals surface area contributed by atoms with Gasteiger partial charge in [0.1, 0.15) is 0 Å². The minimum Gasteiger partial charge on any atom is -0.478 e. The molecule has 96 valence electrons. The normalized spacial score (nSPS) is 16.8. The molecule has 0 atom stereocenters. The number of aliphatic carboxylic acids is 1. The maximum atomic E-state index is 10.6. The summed E-state index contributed by atoms with van der Waals surface area (Å²) in [6.07, 6.45) is 4.06. The van der Waals surface area contributed by atoms with Crippen molar-refractivity contribution in [2.45, 2.75) is 6.42 Å². The molecule has 4 heteroatoms. The molecular weight excluding hydrogens is 246 g/mol. The van der Waals surface area contributed by atoms with E-state index in [0.29, 0.717) is 0 Å². The van der Waals surface area contributed by atoms with E-state index in [1.165, 1.54) is 18.2 Å². The van der Waals surface area contributed by atoms with E-state index in [4.69, 9.17) is 5.11 Å². The van der Waals surface area contributed by atoms with E-state index < -0.39 is 5.97 Å². The van der Waals surface area contributed by atoms with Crippen LogP contribution in [-0.4, -0.2) is 35.7 Å². The van der Waals surface area contributed by atoms with Gasteiger partial charge in [0.2, 0.25) is 0 Å². The molecule has 0 aliphatic carbocycles. The van der Waals surface area contributed by atoms with Gasteiger partial charge in [0.05, 0.1) is 0 Å². The maximum absolute atomic E-state index is 10.6. The largest absolute Gasteiger partial charge is 0.478 e. The summed E-state index contributed by atoms with van der Waals surface area (Å²) in [5.41, 5.74) is 2.12. The van der Waals surface area contributed by atoms with Crippen LogP contribution >= 0.6 is 11.8 Å². The Balaban J connectivity index is 2.22. The molecule has 1 aromatic rings. The van der Waals surface area contributed by atoms with Gasteiger partial charge in [-0.1, -0.05) is 18.2 Å². The van der Waals surface area contributed by atoms with Gasteiger partial charge in [-0.15, -0.1) is 0 Å². The van der Waals surface area contributed by atoms with E-state index in [0.717, 1.165) is 30.1 Å². The van der Waals surface area contributed by atoms with Gasteiger partial charge in [-0.2, -0.15) is 11.8 Å². The minimum atomic E-state index is -0.906. The van der Waals surface area contributed by atoms with Gasteiger partial charge >= 0.3 is 5.97 Å². The molecule has 0 amide bonds. The lowest BCUT2D eigenvalue weighted by atomic mass is 10.1. The molecule has 1 aliphatic rings. The van der Waals surface area contributed by atoms with Crippen LogP contribution in [0.25, 0.3) is 6.08 Å². The van der Waals surface area contributed by atoms with Crippen LogP contribution in [0.4, 0.5) is 5.69 Å². The number of thioether (sulfide) groups is 1. The zero-order valence-electron chi connectivity index (χ0n) is 10.2. The number of anilines is 1. The highest BCUT2D eigenvalue weighted by Crippen LogP contribution is 2.24. The number of carboxylic acids is 1. The van der Waals surface area contributed by atoms with Crippen molar-refractivity contribution in [3.63, 3.8) is 0 Å². The summed E-state index contributed by atoms with van der Waals surface area (Å²) in [6, 6.07) is 7.98. The second-order valence-corrected chi connectivity index (χ2v) is 5.41. The number of nitrogens with zero attached hydrogens (tertiary/aromatic N) is 1. The Labute approximate surface area is 111 Å². The molecule has 1 fully saturated rings. The Kier molecular flexibility index (Phi) is 4.70. The minimum absolute atomic E-state index is 0.906. The molecule has 0 saturated carbocycles. The first-order valence-corrected chi connectivity index (χ1v) is 7.25. The third-order valence-corrected chi connectivity index (χ3v) is 3.95. The molecule has 0 unspecified atom stereocenters. The molecule has 1 heterocycles. The predicted octanol–water partition coefficient (Wildman–Crippen LogP) is 2.73. The Hall–Kier alpha value is -1.42. The fraction of sp³-hybridized carbons (Fsp3) is 0.357. The zero-order valence-corrected chi connectivity index (χ0v) is 11.0. The fourth-order valence-corrected chi connectivity index (χ4v) is 2.95. The average molecular weight is 263 g/mol. The average Bonchev–Trinajstić information content (AvgIpc) is 2.65. The summed E-state index contributed by atoms with van der Waals surface area (Å²) in [4.78, 5) is 13.0. The lowest BCUT2D eigenvalue weighted by molar-refractivity contribution is -0.131. The molecule has 3 nitrogen and oxygen atoms in total. The van der Waals surface area contributed by atoms with Crippen molar-refractivity contribution in [2.24, 2.45) is 0 Å². The molecule has 2 rings (SSSR count). The second-order valence-electron chi connectivity index (χ2n) is 4.18. The Morgan fingerprint density at radius 1 is 1.28 bits per heavy atom. The van der Waals surface area contributed by atoms with Crippen LogP contribution in [0.2, 0.25) is 0 Å². The van der Waals surface area contributed by atoms with E-state index in [2.05, 4.69) is 11.0 Å². The second kappa shape index (κ2) is 6.50. The smallest absolute Gasteiger partial charge is 0.328 e. The SMILES string of the molecule is O=C(O)/C=C/c1ccccc1N1CCCSCC1. The lowest BCUT2D eigenvalue weighted by Gasteiger charge is -2.24. The van der Waals surface area contributed by atoms with E-state index in [9.17, 15) is 4.79 Å². The monoisotopic (exact) mass is 263 g/mol. The number of para-hydroxylation sites is 1. The summed E-state index contributed by atoms with van der Waals surface area (Å²) in [5, 5.41) is 8.72. The number of hydrogen-bond acceptors (Lipinski definition) is 3. The van der Waals surface area contributed by atoms with Gasteiger partial charge in [-0.05, 0) is 29.9 Å². The highest BCUT2D eigenvalue weighted by Gasteiger charge is 2.12. The topological polar surface area (TPSA) is 40.5 Å². The van der Waals surface area contributed by atoms with Crippen molar-refractivity contribution < 1.29 is 9.90 Å². The van der Waals surface area contributed by atoms with Gasteiger partial charge in [0.25, 0.3) is 0 Å². The van der Waals surface area contributed by atoms with Crippen LogP contribution in [0.1, 0.15) is 12.0 Å². The molecule has 0 aromatic heterocycles. The molecule has 1 aromatic carbocycles. The summed E-state index contributed by atoms with van der Waals surface area (Å²) < 4.78 is 0. The van der Waals surface area contributed by atoms with Crippen molar-refractivity contribution >= 4 is 29.5 Å². The third-order valence-electron chi connectivity index (χ3n) is 2.91. The number of carbonyl (C=O) groups is 1. The standard InChI is InChI=1S/C14H17NO2S/c16-14(17)7-6-12-4-1-2-5-13(12)15-8-3-10-18-11-9-15/h1-2,4-7H,3,8-11H2,(H,16,17)/b7-6+. The number of hydrogen-bond donors (Lipinski definition) is 1. The van der Waals surface area contributed by atoms with Crippen molar-refractivity contribution in [3.8, 4) is 0 Å². The molecule has 0 spiro atoms. The number of carboxylic acid groups (broad SMARTS) is 1. The van der Waals surface area contributed by atoms with E-state index in [-0.39, 0.29) is 0 Å². The Morgan fingerprint density at radius 3 is 2.94 bits per heavy atom. The third kappa shape index (κ3) is 3.53. The van der Waals surface area contributed by atoms with Crippen molar-refractivity contribution in [1.82, 2.24) is 0 Å². The molecule has 18 heavy (non-hydrogen) atoms. The summed E-state index contributed by atoms with van der Waals surface area (Å²) >= 11 is 1.98. The van der Waals surface area contributed by atoms with Crippen molar-refractivity contribution in [2.75, 3.05) is 29.5 Å². The van der Waals surface area contributed by atoms with Gasteiger partial charge in [0, 0.05) is 30.6 Å². The van der Waals surface area contributed by atoms with Crippen molar-refractivity contribution in [3.05, 3.63) is 35.9 Å². The zero-order chi connectivity index (χ0) is 12.8. The Morgan fingerprint density at radius 2 is 2.11 bits per heavy atom. The molecule has 1 aliphatic heterocycles. The highest BCUT2D eigenvalue weighted by molar-refractivity contribution is 7.99. The summed E-state index contributed by atoms with van der Waals surface area (Å²) in [7, 11) is 0. The molecule has 0 radical (unpaired) electrons. The maximum Gasteiger partial charge on any atom is 0.328 e. The van der Waals surface area contributed by atoms with Gasteiger partial charge in [-0.3, -0.25) is 0 Å². The van der Waals surface area contributed by atoms with Crippen LogP contribution in [0, 0.1) is 0 Å². The van der Waals surface area contributed by atoms with Crippen LogP contribution in [0.5, 0.6) is 0 Å². The summed E-state index contributed by atoms with van der Waals surface area (Å²) in [5.74, 6) is 1.44. The number of rotatable bonds is 3. The van der Waals surface area contributed by atoms with Gasteiger partial charge < -0.3 is 10.0 Å². The van der Waals surface area contributed by atoms with Gasteiger partial charge in [-0.25, -0.2) is 4.79 Å². The summed E-state index contributed by atoms with van der Waals surface area (Å²) in [6.45, 7) is 2.08. The first kappa shape index (κ1) is 13.0. The predicted molar refractivity (Wildman–Crippen MR) is 77.3 cm³/mol. The highest BCUT2D eigenvalue weighted by atomic mass is 32.2. The molecule has 1 N–H and O–H groups in total. The van der Waals surface area contributed by atoms with Crippen LogP contribution in [0.15, 0.2) is 30.3 Å². The van der Waals surface area contributed by atoms with Crippen LogP contribution < -0.4 is 4.90 Å². The van der Waals surface area contributed by atoms with E-state index in [1.807, 2.05) is 30.0 Å². The van der Waals surface area contributed by atoms with Gasteiger partial charge in [0.15, 0.2) is 0 Å². The molecule has 0 bridgehead atoms. The first-order chi connectivity index (χ1) is 8.77. The van der Waals surface area contributed by atoms with Crippen LogP contribution in [-0.2, 0) is 4.79 Å². The fourth-order valence-electron chi connectivity index (χ4n) is 2.06. The van der Waals surface area contributed by atoms with Crippen LogP contribution in [0.3, 0.4) is 0 Å². The first-order valence-electron chi connectivity index (χ1n) is 6.10. The molecule has 1 saturated heterocycles. The molecular formula is C14H17NO2S. The van der Waals surface area contributed by atoms with E-state index >= 15 is 0 Å². The Bertz CT molecular complexity index is 437. The van der Waals surface area contributed by atoms with Crippen molar-refractivity contribution in [1.29, 1.82) is 0 Å². The lowest BCUT2D eigenvalue weighted by Crippen LogP contribution is -2.26. The van der Waals surface area contributed by atoms with E-state index in [1.54, 1.807) is 6.08 Å². The number of benzene rings is 1. The quantitative estimate of drug-likeness (QED) is 0.851.